The van der Waals surface area contributed by atoms with Crippen LogP contribution in [-0.4, -0.2) is 25.3 Å². The van der Waals surface area contributed by atoms with Gasteiger partial charge in [0.25, 0.3) is 0 Å². The molecule has 1 atom stereocenters. The quantitative estimate of drug-likeness (QED) is 0.845. The molecule has 0 bridgehead atoms. The SMILES string of the molecule is CCC(C)(Cc1ccc(OC)c(OC)c1)C(=O)O. The van der Waals surface area contributed by atoms with Gasteiger partial charge in [0, 0.05) is 0 Å². The van der Waals surface area contributed by atoms with Crippen molar-refractivity contribution < 1.29 is 19.4 Å². The van der Waals surface area contributed by atoms with Crippen LogP contribution in [-0.2, 0) is 11.2 Å². The largest absolute Gasteiger partial charge is 0.493 e. The number of hydrogen-bond donors (Lipinski definition) is 1. The van der Waals surface area contributed by atoms with Crippen molar-refractivity contribution in [3.05, 3.63) is 23.8 Å². The van der Waals surface area contributed by atoms with Gasteiger partial charge >= 0.3 is 5.97 Å². The lowest BCUT2D eigenvalue weighted by molar-refractivity contribution is -0.148. The van der Waals surface area contributed by atoms with E-state index in [0.29, 0.717) is 24.3 Å². The van der Waals surface area contributed by atoms with Crippen molar-refractivity contribution in [1.29, 1.82) is 0 Å². The standard InChI is InChI=1S/C14H20O4/c1-5-14(2,13(15)16)9-10-6-7-11(17-3)12(8-10)18-4/h6-8H,5,9H2,1-4H3,(H,15,16). The maximum absolute atomic E-state index is 11.3. The maximum Gasteiger partial charge on any atom is 0.309 e. The van der Waals surface area contributed by atoms with E-state index < -0.39 is 11.4 Å². The summed E-state index contributed by atoms with van der Waals surface area (Å²) in [6.45, 7) is 3.64. The predicted molar refractivity (Wildman–Crippen MR) is 69.3 cm³/mol. The molecular weight excluding hydrogens is 232 g/mol. The molecule has 1 rings (SSSR count). The topological polar surface area (TPSA) is 55.8 Å². The summed E-state index contributed by atoms with van der Waals surface area (Å²) in [6, 6.07) is 5.50. The van der Waals surface area contributed by atoms with E-state index in [2.05, 4.69) is 0 Å². The lowest BCUT2D eigenvalue weighted by Crippen LogP contribution is -2.29. The van der Waals surface area contributed by atoms with Crippen molar-refractivity contribution in [3.63, 3.8) is 0 Å². The van der Waals surface area contributed by atoms with Crippen LogP contribution in [0, 0.1) is 5.41 Å². The number of rotatable bonds is 6. The average Bonchev–Trinajstić information content (AvgIpc) is 2.38. The third-order valence-corrected chi connectivity index (χ3v) is 3.34. The molecule has 0 aliphatic carbocycles. The van der Waals surface area contributed by atoms with Gasteiger partial charge < -0.3 is 14.6 Å². The Bertz CT molecular complexity index is 428. The minimum atomic E-state index is -0.778. The first kappa shape index (κ1) is 14.4. The molecule has 0 radical (unpaired) electrons. The second kappa shape index (κ2) is 5.76. The molecule has 18 heavy (non-hydrogen) atoms. The minimum absolute atomic E-state index is 0.471. The van der Waals surface area contributed by atoms with E-state index in [0.717, 1.165) is 5.56 Å². The van der Waals surface area contributed by atoms with Crippen LogP contribution in [0.3, 0.4) is 0 Å². The molecule has 1 aromatic carbocycles. The van der Waals surface area contributed by atoms with E-state index in [1.165, 1.54) is 0 Å². The lowest BCUT2D eigenvalue weighted by Gasteiger charge is -2.23. The summed E-state index contributed by atoms with van der Waals surface area (Å²) in [5, 5.41) is 9.27. The zero-order chi connectivity index (χ0) is 13.8. The molecule has 0 heterocycles. The molecule has 0 aliphatic rings. The van der Waals surface area contributed by atoms with Crippen molar-refractivity contribution in [2.24, 2.45) is 5.41 Å². The number of carboxylic acids is 1. The van der Waals surface area contributed by atoms with Gasteiger partial charge in [-0.05, 0) is 37.5 Å². The number of carboxylic acid groups (broad SMARTS) is 1. The fourth-order valence-corrected chi connectivity index (χ4v) is 1.79. The molecule has 100 valence electrons. The zero-order valence-corrected chi connectivity index (χ0v) is 11.3. The van der Waals surface area contributed by atoms with Gasteiger partial charge in [-0.25, -0.2) is 0 Å². The van der Waals surface area contributed by atoms with Crippen molar-refractivity contribution >= 4 is 5.97 Å². The molecule has 0 saturated carbocycles. The van der Waals surface area contributed by atoms with E-state index in [4.69, 9.17) is 9.47 Å². The summed E-state index contributed by atoms with van der Waals surface area (Å²) in [4.78, 5) is 11.3. The molecule has 1 unspecified atom stereocenters. The van der Waals surface area contributed by atoms with Crippen LogP contribution in [0.4, 0.5) is 0 Å². The highest BCUT2D eigenvalue weighted by Crippen LogP contribution is 2.32. The van der Waals surface area contributed by atoms with Crippen molar-refractivity contribution in [2.45, 2.75) is 26.7 Å². The highest BCUT2D eigenvalue weighted by atomic mass is 16.5. The van der Waals surface area contributed by atoms with E-state index in [9.17, 15) is 9.90 Å². The fourth-order valence-electron chi connectivity index (χ4n) is 1.79. The number of ether oxygens (including phenoxy) is 2. The Morgan fingerprint density at radius 3 is 2.33 bits per heavy atom. The van der Waals surface area contributed by atoms with Gasteiger partial charge in [0.15, 0.2) is 11.5 Å². The van der Waals surface area contributed by atoms with Gasteiger partial charge in [0.2, 0.25) is 0 Å². The maximum atomic E-state index is 11.3. The van der Waals surface area contributed by atoms with Gasteiger partial charge in [-0.15, -0.1) is 0 Å². The van der Waals surface area contributed by atoms with E-state index in [1.54, 1.807) is 27.2 Å². The molecule has 0 aromatic heterocycles. The third-order valence-electron chi connectivity index (χ3n) is 3.34. The normalized spacial score (nSPS) is 13.8. The minimum Gasteiger partial charge on any atom is -0.493 e. The first-order chi connectivity index (χ1) is 8.46. The Kier molecular flexibility index (Phi) is 4.59. The summed E-state index contributed by atoms with van der Waals surface area (Å²) >= 11 is 0. The van der Waals surface area contributed by atoms with Gasteiger partial charge in [0.1, 0.15) is 0 Å². The van der Waals surface area contributed by atoms with Gasteiger partial charge in [-0.1, -0.05) is 13.0 Å². The molecule has 4 nitrogen and oxygen atoms in total. The molecule has 1 aromatic rings. The Hall–Kier alpha value is -1.71. The van der Waals surface area contributed by atoms with Crippen molar-refractivity contribution in [2.75, 3.05) is 14.2 Å². The molecule has 0 aliphatic heterocycles. The summed E-state index contributed by atoms with van der Waals surface area (Å²) in [7, 11) is 3.14. The molecular formula is C14H20O4. The Balaban J connectivity index is 3.01. The summed E-state index contributed by atoms with van der Waals surface area (Å²) in [5.74, 6) is 0.494. The first-order valence-corrected chi connectivity index (χ1v) is 5.91. The first-order valence-electron chi connectivity index (χ1n) is 5.91. The van der Waals surface area contributed by atoms with Crippen molar-refractivity contribution in [3.8, 4) is 11.5 Å². The third kappa shape index (κ3) is 2.94. The molecule has 0 saturated heterocycles. The van der Waals surface area contributed by atoms with E-state index >= 15 is 0 Å². The average molecular weight is 252 g/mol. The van der Waals surface area contributed by atoms with Gasteiger partial charge in [-0.3, -0.25) is 4.79 Å². The molecule has 0 amide bonds. The van der Waals surface area contributed by atoms with Crippen LogP contribution in [0.25, 0.3) is 0 Å². The Morgan fingerprint density at radius 1 is 1.28 bits per heavy atom. The van der Waals surface area contributed by atoms with E-state index in [1.807, 2.05) is 19.1 Å². The highest BCUT2D eigenvalue weighted by molar-refractivity contribution is 5.74. The van der Waals surface area contributed by atoms with Crippen LogP contribution >= 0.6 is 0 Å². The van der Waals surface area contributed by atoms with Crippen LogP contribution in [0.2, 0.25) is 0 Å². The van der Waals surface area contributed by atoms with E-state index in [-0.39, 0.29) is 0 Å². The van der Waals surface area contributed by atoms with Crippen molar-refractivity contribution in [1.82, 2.24) is 0 Å². The second-order valence-corrected chi connectivity index (χ2v) is 4.59. The monoisotopic (exact) mass is 252 g/mol. The predicted octanol–water partition coefficient (Wildman–Crippen LogP) is 2.75. The van der Waals surface area contributed by atoms with Crippen LogP contribution in [0.15, 0.2) is 18.2 Å². The molecule has 1 N–H and O–H groups in total. The number of hydrogen-bond acceptors (Lipinski definition) is 3. The Labute approximate surface area is 108 Å². The highest BCUT2D eigenvalue weighted by Gasteiger charge is 2.31. The second-order valence-electron chi connectivity index (χ2n) is 4.59. The molecule has 4 heteroatoms. The summed E-state index contributed by atoms with van der Waals surface area (Å²) in [5.41, 5.74) is 0.180. The summed E-state index contributed by atoms with van der Waals surface area (Å²) in [6.07, 6.45) is 1.05. The van der Waals surface area contributed by atoms with Crippen LogP contribution in [0.5, 0.6) is 11.5 Å². The van der Waals surface area contributed by atoms with Gasteiger partial charge in [-0.2, -0.15) is 0 Å². The number of methoxy groups -OCH3 is 2. The Morgan fingerprint density at radius 2 is 1.89 bits per heavy atom. The fraction of sp³-hybridized carbons (Fsp3) is 0.500. The molecule has 0 spiro atoms. The lowest BCUT2D eigenvalue weighted by atomic mass is 9.81. The smallest absolute Gasteiger partial charge is 0.309 e. The zero-order valence-electron chi connectivity index (χ0n) is 11.3. The van der Waals surface area contributed by atoms with Crippen LogP contribution in [0.1, 0.15) is 25.8 Å². The number of benzene rings is 1. The molecule has 0 fully saturated rings. The summed E-state index contributed by atoms with van der Waals surface area (Å²) < 4.78 is 10.4. The van der Waals surface area contributed by atoms with Crippen LogP contribution < -0.4 is 9.47 Å². The number of aliphatic carboxylic acids is 1. The van der Waals surface area contributed by atoms with Gasteiger partial charge in [0.05, 0.1) is 19.6 Å². The number of carbonyl (C=O) groups is 1.